The van der Waals surface area contributed by atoms with Crippen LogP contribution in [0.1, 0.15) is 31.0 Å². The second-order valence-electron chi connectivity index (χ2n) is 4.39. The number of carbonyl (C=O) groups excluding carboxylic acids is 2. The summed E-state index contributed by atoms with van der Waals surface area (Å²) >= 11 is 0. The van der Waals surface area contributed by atoms with Crippen LogP contribution in [0.15, 0.2) is 24.3 Å². The summed E-state index contributed by atoms with van der Waals surface area (Å²) in [4.78, 5) is 22.4. The van der Waals surface area contributed by atoms with Crippen LogP contribution in [-0.4, -0.2) is 17.9 Å². The predicted molar refractivity (Wildman–Crippen MR) is 64.3 cm³/mol. The second-order valence-corrected chi connectivity index (χ2v) is 4.39. The van der Waals surface area contributed by atoms with E-state index in [9.17, 15) is 9.59 Å². The van der Waals surface area contributed by atoms with Gasteiger partial charge in [0.15, 0.2) is 0 Å². The first-order chi connectivity index (χ1) is 8.08. The van der Waals surface area contributed by atoms with Gasteiger partial charge in [0.25, 0.3) is 0 Å². The van der Waals surface area contributed by atoms with E-state index in [0.29, 0.717) is 0 Å². The van der Waals surface area contributed by atoms with Crippen molar-refractivity contribution in [3.8, 4) is 0 Å². The number of hydrogen-bond donors (Lipinski definition) is 2. The molecule has 0 saturated heterocycles. The van der Waals surface area contributed by atoms with Gasteiger partial charge in [-0.3, -0.25) is 9.59 Å². The largest absolute Gasteiger partial charge is 0.351 e. The van der Waals surface area contributed by atoms with Crippen molar-refractivity contribution in [3.63, 3.8) is 0 Å². The zero-order valence-electron chi connectivity index (χ0n) is 9.99. The molecule has 0 heterocycles. The molecule has 90 valence electrons. The molecule has 0 bridgehead atoms. The van der Waals surface area contributed by atoms with Crippen molar-refractivity contribution in [2.75, 3.05) is 0 Å². The molecule has 0 aromatic heterocycles. The first-order valence-electron chi connectivity index (χ1n) is 5.70. The van der Waals surface area contributed by atoms with Gasteiger partial charge in [0.2, 0.25) is 11.8 Å². The molecule has 2 N–H and O–H groups in total. The highest BCUT2D eigenvalue weighted by Gasteiger charge is 2.33. The molecule has 1 aromatic carbocycles. The van der Waals surface area contributed by atoms with E-state index in [1.54, 1.807) is 0 Å². The summed E-state index contributed by atoms with van der Waals surface area (Å²) in [5.74, 6) is -0.153. The van der Waals surface area contributed by atoms with Crippen molar-refractivity contribution in [1.29, 1.82) is 0 Å². The number of carbonyl (C=O) groups is 2. The highest BCUT2D eigenvalue weighted by Crippen LogP contribution is 2.31. The minimum absolute atomic E-state index is 0.0474. The molecule has 17 heavy (non-hydrogen) atoms. The van der Waals surface area contributed by atoms with Crippen LogP contribution in [-0.2, 0) is 16.0 Å². The number of nitrogens with one attached hydrogen (secondary N) is 2. The summed E-state index contributed by atoms with van der Waals surface area (Å²) in [5, 5.41) is 5.79. The van der Waals surface area contributed by atoms with Crippen LogP contribution in [0.4, 0.5) is 0 Å². The molecule has 4 nitrogen and oxygen atoms in total. The average Bonchev–Trinajstić information content (AvgIpc) is 2.55. The molecule has 0 unspecified atom stereocenters. The molecule has 0 radical (unpaired) electrons. The molecule has 2 amide bonds. The highest BCUT2D eigenvalue weighted by atomic mass is 16.2. The minimum Gasteiger partial charge on any atom is -0.351 e. The molecule has 1 aliphatic carbocycles. The average molecular weight is 232 g/mol. The fourth-order valence-electron chi connectivity index (χ4n) is 2.39. The first-order valence-corrected chi connectivity index (χ1v) is 5.70. The number of rotatable bonds is 2. The molecule has 0 fully saturated rings. The Balaban J connectivity index is 2.26. The van der Waals surface area contributed by atoms with E-state index in [2.05, 4.69) is 10.6 Å². The molecular formula is C13H16N2O2. The molecule has 2 atom stereocenters. The zero-order chi connectivity index (χ0) is 12.4. The van der Waals surface area contributed by atoms with Gasteiger partial charge in [-0.2, -0.15) is 0 Å². The Morgan fingerprint density at radius 3 is 2.41 bits per heavy atom. The van der Waals surface area contributed by atoms with Crippen LogP contribution in [0.5, 0.6) is 0 Å². The van der Waals surface area contributed by atoms with Gasteiger partial charge in [0, 0.05) is 13.8 Å². The van der Waals surface area contributed by atoms with E-state index >= 15 is 0 Å². The van der Waals surface area contributed by atoms with Crippen LogP contribution < -0.4 is 10.6 Å². The summed E-state index contributed by atoms with van der Waals surface area (Å²) in [6.07, 6.45) is 0.765. The maximum absolute atomic E-state index is 11.2. The molecule has 4 heteroatoms. The number of benzene rings is 1. The van der Waals surface area contributed by atoms with E-state index < -0.39 is 0 Å². The summed E-state index contributed by atoms with van der Waals surface area (Å²) in [5.41, 5.74) is 2.28. The van der Waals surface area contributed by atoms with Crippen LogP contribution in [0.25, 0.3) is 0 Å². The Morgan fingerprint density at radius 2 is 1.76 bits per heavy atom. The van der Waals surface area contributed by atoms with Crippen molar-refractivity contribution in [2.45, 2.75) is 32.4 Å². The Bertz CT molecular complexity index is 456. The molecule has 0 saturated carbocycles. The third-order valence-electron chi connectivity index (χ3n) is 2.98. The Labute approximate surface area is 100 Å². The summed E-state index contributed by atoms with van der Waals surface area (Å²) in [6.45, 7) is 2.99. The van der Waals surface area contributed by atoms with Gasteiger partial charge in [-0.05, 0) is 17.5 Å². The molecular weight excluding hydrogens is 216 g/mol. The lowest BCUT2D eigenvalue weighted by Crippen LogP contribution is -2.43. The van der Waals surface area contributed by atoms with E-state index in [1.807, 2.05) is 24.3 Å². The van der Waals surface area contributed by atoms with Crippen molar-refractivity contribution in [2.24, 2.45) is 0 Å². The lowest BCUT2D eigenvalue weighted by Gasteiger charge is -2.21. The summed E-state index contributed by atoms with van der Waals surface area (Å²) in [7, 11) is 0. The number of hydrogen-bond acceptors (Lipinski definition) is 2. The van der Waals surface area contributed by atoms with Crippen LogP contribution in [0.2, 0.25) is 0 Å². The van der Waals surface area contributed by atoms with Gasteiger partial charge in [-0.1, -0.05) is 24.3 Å². The predicted octanol–water partition coefficient (Wildman–Crippen LogP) is 0.925. The maximum Gasteiger partial charge on any atom is 0.217 e. The molecule has 0 aliphatic heterocycles. The highest BCUT2D eigenvalue weighted by molar-refractivity contribution is 5.75. The maximum atomic E-state index is 11.2. The van der Waals surface area contributed by atoms with Gasteiger partial charge in [0.1, 0.15) is 0 Å². The van der Waals surface area contributed by atoms with Crippen LogP contribution in [0, 0.1) is 0 Å². The van der Waals surface area contributed by atoms with Gasteiger partial charge in [0.05, 0.1) is 12.1 Å². The standard InChI is InChI=1S/C13H16N2O2/c1-8(16)14-12-7-10-5-3-4-6-11(10)13(12)15-9(2)17/h3-6,12-13H,7H2,1-2H3,(H,14,16)(H,15,17)/t12-,13+/m0/s1. The third-order valence-corrected chi connectivity index (χ3v) is 2.98. The number of fused-ring (bicyclic) bond motifs is 1. The van der Waals surface area contributed by atoms with E-state index in [4.69, 9.17) is 0 Å². The monoisotopic (exact) mass is 232 g/mol. The molecule has 1 aromatic rings. The fraction of sp³-hybridized carbons (Fsp3) is 0.385. The summed E-state index contributed by atoms with van der Waals surface area (Å²) in [6, 6.07) is 7.79. The van der Waals surface area contributed by atoms with Crippen molar-refractivity contribution in [3.05, 3.63) is 35.4 Å². The van der Waals surface area contributed by atoms with E-state index in [1.165, 1.54) is 19.4 Å². The minimum atomic E-state index is -0.118. The Morgan fingerprint density at radius 1 is 1.12 bits per heavy atom. The third kappa shape index (κ3) is 2.46. The molecule has 2 rings (SSSR count). The zero-order valence-corrected chi connectivity index (χ0v) is 9.99. The van der Waals surface area contributed by atoms with Gasteiger partial charge < -0.3 is 10.6 Å². The number of amides is 2. The van der Waals surface area contributed by atoms with Crippen molar-refractivity contribution >= 4 is 11.8 Å². The lowest BCUT2D eigenvalue weighted by atomic mass is 10.1. The topological polar surface area (TPSA) is 58.2 Å². The lowest BCUT2D eigenvalue weighted by molar-refractivity contribution is -0.122. The molecule has 0 spiro atoms. The second kappa shape index (κ2) is 4.57. The van der Waals surface area contributed by atoms with Gasteiger partial charge >= 0.3 is 0 Å². The van der Waals surface area contributed by atoms with Crippen LogP contribution in [0.3, 0.4) is 0 Å². The van der Waals surface area contributed by atoms with Gasteiger partial charge in [-0.15, -0.1) is 0 Å². The first kappa shape index (κ1) is 11.6. The van der Waals surface area contributed by atoms with E-state index in [-0.39, 0.29) is 23.9 Å². The van der Waals surface area contributed by atoms with Crippen LogP contribution >= 0.6 is 0 Å². The van der Waals surface area contributed by atoms with Crippen molar-refractivity contribution < 1.29 is 9.59 Å². The fourth-order valence-corrected chi connectivity index (χ4v) is 2.39. The Kier molecular flexibility index (Phi) is 3.13. The van der Waals surface area contributed by atoms with E-state index in [0.717, 1.165) is 12.0 Å². The van der Waals surface area contributed by atoms with Gasteiger partial charge in [-0.25, -0.2) is 0 Å². The smallest absolute Gasteiger partial charge is 0.217 e. The normalized spacial score (nSPS) is 21.8. The quantitative estimate of drug-likeness (QED) is 0.796. The Hall–Kier alpha value is -1.84. The van der Waals surface area contributed by atoms with Crippen molar-refractivity contribution in [1.82, 2.24) is 10.6 Å². The molecule has 1 aliphatic rings. The summed E-state index contributed by atoms with van der Waals surface area (Å²) < 4.78 is 0. The SMILES string of the molecule is CC(=O)N[C@H]1Cc2ccccc2[C@H]1NC(C)=O.